The number of hydrogen-bond donors (Lipinski definition) is 3. The van der Waals surface area contributed by atoms with Crippen molar-refractivity contribution in [3.63, 3.8) is 0 Å². The van der Waals surface area contributed by atoms with E-state index in [2.05, 4.69) is 44.3 Å². The molecule has 0 aliphatic carbocycles. The summed E-state index contributed by atoms with van der Waals surface area (Å²) in [6.45, 7) is 22.6. The molecule has 3 N–H and O–H groups in total. The van der Waals surface area contributed by atoms with Gasteiger partial charge in [-0.25, -0.2) is 14.8 Å². The Morgan fingerprint density at radius 2 is 1.61 bits per heavy atom. The topological polar surface area (TPSA) is 179 Å². The van der Waals surface area contributed by atoms with Crippen LogP contribution in [0.25, 0.3) is 15.3 Å². The van der Waals surface area contributed by atoms with Gasteiger partial charge < -0.3 is 39.6 Å². The van der Waals surface area contributed by atoms with Crippen LogP contribution in [0.5, 0.6) is 11.8 Å². The van der Waals surface area contributed by atoms with Crippen molar-refractivity contribution in [1.82, 2.24) is 30.5 Å². The molecule has 0 unspecified atom stereocenters. The number of nitrogens with zero attached hydrogens (tertiary/aromatic N) is 5. The number of benzene rings is 3. The fraction of sp³-hybridized carbons (Fsp3) is 0.453. The van der Waals surface area contributed by atoms with Gasteiger partial charge in [-0.05, 0) is 91.1 Å². The third kappa shape index (κ3) is 14.8. The van der Waals surface area contributed by atoms with Crippen molar-refractivity contribution in [1.29, 1.82) is 0 Å². The zero-order valence-corrected chi connectivity index (χ0v) is 42.6. The molecule has 3 aromatic carbocycles. The Labute approximate surface area is 420 Å². The second-order valence-electron chi connectivity index (χ2n) is 19.0. The lowest BCUT2D eigenvalue weighted by Gasteiger charge is -2.35. The maximum atomic E-state index is 14.0. The number of thiazole rings is 1. The number of unbranched alkanes of at least 4 members (excludes halogenated alkanes) is 1. The van der Waals surface area contributed by atoms with Gasteiger partial charge in [0.05, 0.1) is 47.1 Å². The molecular weight excluding hydrogens is 930 g/mol. The summed E-state index contributed by atoms with van der Waals surface area (Å²) in [7, 11) is 0. The first kappa shape index (κ1) is 53.4. The van der Waals surface area contributed by atoms with Crippen LogP contribution in [0.3, 0.4) is 0 Å². The minimum absolute atomic E-state index is 0.0165. The first-order chi connectivity index (χ1) is 33.4. The molecule has 1 fully saturated rings. The average molecular weight is 995 g/mol. The maximum Gasteiger partial charge on any atom is 0.316 e. The van der Waals surface area contributed by atoms with Crippen LogP contribution in [-0.2, 0) is 35.9 Å². The number of carbonyl (C=O) groups excluding carboxylic acids is 3. The van der Waals surface area contributed by atoms with Crippen molar-refractivity contribution < 1.29 is 38.4 Å². The summed E-state index contributed by atoms with van der Waals surface area (Å²) < 4.78 is 23.2. The highest BCUT2D eigenvalue weighted by Gasteiger charge is 2.44. The third-order valence-electron chi connectivity index (χ3n) is 12.2. The molecule has 0 radical (unpaired) electrons. The number of aromatic nitrogens is 3. The fourth-order valence-electron chi connectivity index (χ4n) is 8.04. The summed E-state index contributed by atoms with van der Waals surface area (Å²) in [5, 5.41) is 17.0. The number of ether oxygens (including phenoxy) is 4. The molecule has 1 aliphatic rings. The van der Waals surface area contributed by atoms with E-state index < -0.39 is 35.4 Å². The van der Waals surface area contributed by atoms with Crippen molar-refractivity contribution in [2.24, 2.45) is 5.41 Å². The van der Waals surface area contributed by atoms with Gasteiger partial charge in [-0.3, -0.25) is 14.4 Å². The predicted octanol–water partition coefficient (Wildman–Crippen LogP) is 8.97. The second kappa shape index (κ2) is 24.7. The minimum Gasteiger partial charge on any atom is -0.487 e. The number of aryl methyl sites for hydroxylation is 1. The molecule has 6 rings (SSSR count). The Morgan fingerprint density at radius 3 is 2.31 bits per heavy atom. The SMILES string of the molecule is [C-]#[N+]c1cc(Cl)cc(C(C)(C)c2ccc(OCc3ccnc(OCCCCOCCCOCC(=O)N[C@H](C(=O)N4C[C@H](O)C[C@H]4C(=O)N[C@@H](C)c4ccc(-c5scnc5C)cc4)C(C)(C)C)n3)cc2)c1. The zero-order valence-electron chi connectivity index (χ0n) is 41.0. The summed E-state index contributed by atoms with van der Waals surface area (Å²) in [6, 6.07) is 21.0. The van der Waals surface area contributed by atoms with Gasteiger partial charge in [0.1, 0.15) is 31.0 Å². The van der Waals surface area contributed by atoms with Crippen molar-refractivity contribution in [2.75, 3.05) is 39.6 Å². The molecule has 0 bridgehead atoms. The molecule has 0 spiro atoms. The highest BCUT2D eigenvalue weighted by molar-refractivity contribution is 7.13. The quantitative estimate of drug-likeness (QED) is 0.0420. The fourth-order valence-corrected chi connectivity index (χ4v) is 9.08. The minimum atomic E-state index is -0.959. The summed E-state index contributed by atoms with van der Waals surface area (Å²) in [4.78, 5) is 59.8. The van der Waals surface area contributed by atoms with Crippen molar-refractivity contribution in [3.05, 3.63) is 129 Å². The predicted molar refractivity (Wildman–Crippen MR) is 270 cm³/mol. The first-order valence-corrected chi connectivity index (χ1v) is 24.8. The number of nitrogens with one attached hydrogen (secondary N) is 2. The maximum absolute atomic E-state index is 14.0. The van der Waals surface area contributed by atoms with E-state index in [0.29, 0.717) is 48.4 Å². The van der Waals surface area contributed by atoms with E-state index in [4.69, 9.17) is 37.1 Å². The van der Waals surface area contributed by atoms with Crippen LogP contribution >= 0.6 is 22.9 Å². The van der Waals surface area contributed by atoms with Gasteiger partial charge in [-0.1, -0.05) is 88.7 Å². The molecular formula is C53H64ClN7O8S. The smallest absolute Gasteiger partial charge is 0.316 e. The molecule has 5 aromatic rings. The summed E-state index contributed by atoms with van der Waals surface area (Å²) >= 11 is 7.86. The lowest BCUT2D eigenvalue weighted by atomic mass is 9.78. The lowest BCUT2D eigenvalue weighted by molar-refractivity contribution is -0.144. The van der Waals surface area contributed by atoms with Gasteiger partial charge in [0.2, 0.25) is 17.7 Å². The highest BCUT2D eigenvalue weighted by Crippen LogP contribution is 2.36. The van der Waals surface area contributed by atoms with Crippen LogP contribution < -0.4 is 20.1 Å². The first-order valence-electron chi connectivity index (χ1n) is 23.5. The van der Waals surface area contributed by atoms with Crippen LogP contribution in [0.15, 0.2) is 84.5 Å². The van der Waals surface area contributed by atoms with Gasteiger partial charge in [0, 0.05) is 49.4 Å². The number of carbonyl (C=O) groups is 3. The van der Waals surface area contributed by atoms with E-state index in [1.165, 1.54) is 4.90 Å². The number of hydrogen-bond acceptors (Lipinski definition) is 12. The Kier molecular flexibility index (Phi) is 18.9. The van der Waals surface area contributed by atoms with Crippen LogP contribution in [0, 0.1) is 18.9 Å². The Balaban J connectivity index is 0.842. The molecule has 70 heavy (non-hydrogen) atoms. The molecule has 2 aromatic heterocycles. The van der Waals surface area contributed by atoms with Crippen LogP contribution in [0.2, 0.25) is 5.02 Å². The zero-order chi connectivity index (χ0) is 50.4. The molecule has 3 heterocycles. The number of amides is 3. The largest absolute Gasteiger partial charge is 0.487 e. The monoisotopic (exact) mass is 993 g/mol. The van der Waals surface area contributed by atoms with Gasteiger partial charge in [0.15, 0.2) is 5.69 Å². The molecule has 17 heteroatoms. The van der Waals surface area contributed by atoms with E-state index in [1.807, 2.05) is 101 Å². The average Bonchev–Trinajstić information content (AvgIpc) is 3.96. The van der Waals surface area contributed by atoms with Crippen molar-refractivity contribution in [2.45, 2.75) is 110 Å². The van der Waals surface area contributed by atoms with E-state index in [1.54, 1.807) is 29.7 Å². The summed E-state index contributed by atoms with van der Waals surface area (Å²) in [5.74, 6) is -0.574. The number of halogens is 1. The highest BCUT2D eigenvalue weighted by atomic mass is 35.5. The van der Waals surface area contributed by atoms with Crippen LogP contribution in [0.1, 0.15) is 101 Å². The molecule has 4 atom stereocenters. The van der Waals surface area contributed by atoms with Crippen molar-refractivity contribution in [3.8, 4) is 22.2 Å². The summed E-state index contributed by atoms with van der Waals surface area (Å²) in [6.07, 6.45) is 2.92. The number of rotatable bonds is 23. The molecule has 372 valence electrons. The molecule has 15 nitrogen and oxygen atoms in total. The molecule has 1 saturated heterocycles. The van der Waals surface area contributed by atoms with E-state index in [9.17, 15) is 19.5 Å². The van der Waals surface area contributed by atoms with Gasteiger partial charge in [-0.15, -0.1) is 11.3 Å². The number of aliphatic hydroxyl groups excluding tert-OH is 1. The van der Waals surface area contributed by atoms with Gasteiger partial charge in [0.25, 0.3) is 0 Å². The molecule has 3 amide bonds. The molecule has 1 aliphatic heterocycles. The summed E-state index contributed by atoms with van der Waals surface area (Å²) in [5.41, 5.74) is 6.86. The Morgan fingerprint density at radius 1 is 0.900 bits per heavy atom. The number of likely N-dealkylation sites (tertiary alicyclic amines) is 1. The standard InChI is InChI=1S/C53H64ClN7O8S/c1-34(36-12-14-37(15-13-36)47-35(2)57-33-70-47)58-49(64)45-29-43(62)30-61(45)50(65)48(52(3,4)5)60-46(63)32-67-24-11-23-66-22-9-10-25-68-51-56-21-20-41(59-51)31-69-44-18-16-38(17-19-44)53(6,7)39-26-40(54)28-42(27-39)55-8/h12-21,26-28,33-34,43,45,48,62H,9-11,22-25,29-32H2,1-7H3,(H,58,64)(H,60,63)/t34-,43+,45-,48+/m0/s1. The molecule has 0 saturated carbocycles. The van der Waals surface area contributed by atoms with Gasteiger partial charge in [-0.2, -0.15) is 4.98 Å². The van der Waals surface area contributed by atoms with E-state index in [0.717, 1.165) is 45.7 Å². The second-order valence-corrected chi connectivity index (χ2v) is 20.3. The number of β-amino-alcohol motifs (C(OH)–C–C–N with tert-alkyl or cyclic N) is 1. The Bertz CT molecular complexity index is 2580. The lowest BCUT2D eigenvalue weighted by Crippen LogP contribution is -2.58. The van der Waals surface area contributed by atoms with Crippen LogP contribution in [-0.4, -0.2) is 100 Å². The van der Waals surface area contributed by atoms with Gasteiger partial charge >= 0.3 is 6.01 Å². The number of aliphatic hydroxyl groups is 1. The van der Waals surface area contributed by atoms with E-state index >= 15 is 0 Å². The van der Waals surface area contributed by atoms with Crippen molar-refractivity contribution >= 4 is 46.3 Å². The Hall–Kier alpha value is -5.96. The third-order valence-corrected chi connectivity index (χ3v) is 13.4. The van der Waals surface area contributed by atoms with E-state index in [-0.39, 0.29) is 56.2 Å². The van der Waals surface area contributed by atoms with Crippen LogP contribution in [0.4, 0.5) is 5.69 Å². The normalized spacial score (nSPS) is 15.7.